The lowest BCUT2D eigenvalue weighted by molar-refractivity contribution is -0.125. The van der Waals surface area contributed by atoms with E-state index in [0.717, 1.165) is 4.90 Å². The second-order valence-electron chi connectivity index (χ2n) is 7.79. The third kappa shape index (κ3) is 4.05. The topological polar surface area (TPSA) is 86.8 Å². The molecule has 1 N–H and O–H groups in total. The lowest BCUT2D eigenvalue weighted by Gasteiger charge is -2.33. The van der Waals surface area contributed by atoms with Crippen LogP contribution in [-0.4, -0.2) is 58.6 Å². The van der Waals surface area contributed by atoms with E-state index in [1.807, 2.05) is 0 Å². The van der Waals surface area contributed by atoms with Gasteiger partial charge in [0.15, 0.2) is 0 Å². The van der Waals surface area contributed by atoms with Crippen molar-refractivity contribution in [2.45, 2.75) is 31.8 Å². The van der Waals surface area contributed by atoms with E-state index in [9.17, 15) is 19.2 Å². The lowest BCUT2D eigenvalue weighted by atomic mass is 10.0. The number of carbonyl (C=O) groups excluding carboxylic acids is 4. The molecule has 7 nitrogen and oxygen atoms in total. The maximum Gasteiger partial charge on any atom is 0.262 e. The number of nitrogens with zero attached hydrogens (tertiary/aromatic N) is 2. The van der Waals surface area contributed by atoms with Crippen molar-refractivity contribution in [1.82, 2.24) is 15.1 Å². The van der Waals surface area contributed by atoms with Crippen LogP contribution in [0.15, 0.2) is 48.5 Å². The molecule has 0 spiro atoms. The number of hydrogen-bond donors (Lipinski definition) is 1. The standard InChI is InChI=1S/C23H22ClN3O4/c1-14(27-22(30)18-7-2-3-8-19(18)23(27)31)20(28)25-17-9-11-26(12-10-17)21(29)15-5-4-6-16(24)13-15/h2-8,13-14,17H,9-12H2,1H3,(H,25,28). The Labute approximate surface area is 185 Å². The number of fused-ring (bicyclic) bond motifs is 1. The molecule has 1 unspecified atom stereocenters. The van der Waals surface area contributed by atoms with Crippen molar-refractivity contribution in [2.24, 2.45) is 0 Å². The third-order valence-corrected chi connectivity index (χ3v) is 6.03. The highest BCUT2D eigenvalue weighted by atomic mass is 35.5. The van der Waals surface area contributed by atoms with Crippen molar-refractivity contribution in [1.29, 1.82) is 0 Å². The molecule has 2 aliphatic heterocycles. The van der Waals surface area contributed by atoms with Gasteiger partial charge in [0.05, 0.1) is 11.1 Å². The first-order valence-corrected chi connectivity index (χ1v) is 10.6. The van der Waals surface area contributed by atoms with Gasteiger partial charge in [-0.25, -0.2) is 0 Å². The second-order valence-corrected chi connectivity index (χ2v) is 8.22. The van der Waals surface area contributed by atoms with Gasteiger partial charge < -0.3 is 10.2 Å². The number of amides is 4. The van der Waals surface area contributed by atoms with Crippen LogP contribution in [0.1, 0.15) is 50.8 Å². The SMILES string of the molecule is CC(C(=O)NC1CCN(C(=O)c2cccc(Cl)c2)CC1)N1C(=O)c2ccccc2C1=O. The Morgan fingerprint density at radius 1 is 1.00 bits per heavy atom. The molecular formula is C23H22ClN3O4. The molecule has 0 bridgehead atoms. The molecule has 31 heavy (non-hydrogen) atoms. The Kier molecular flexibility index (Phi) is 5.78. The Balaban J connectivity index is 1.34. The van der Waals surface area contributed by atoms with Gasteiger partial charge >= 0.3 is 0 Å². The summed E-state index contributed by atoms with van der Waals surface area (Å²) in [7, 11) is 0. The second kappa shape index (κ2) is 8.51. The number of carbonyl (C=O) groups is 4. The van der Waals surface area contributed by atoms with E-state index in [4.69, 9.17) is 11.6 Å². The van der Waals surface area contributed by atoms with E-state index in [1.54, 1.807) is 60.4 Å². The zero-order valence-electron chi connectivity index (χ0n) is 17.0. The lowest BCUT2D eigenvalue weighted by Crippen LogP contribution is -2.53. The molecule has 2 aromatic carbocycles. The number of imide groups is 1. The minimum absolute atomic E-state index is 0.0910. The number of hydrogen-bond acceptors (Lipinski definition) is 4. The smallest absolute Gasteiger partial charge is 0.262 e. The molecule has 1 saturated heterocycles. The highest BCUT2D eigenvalue weighted by molar-refractivity contribution is 6.31. The Bertz CT molecular complexity index is 1030. The summed E-state index contributed by atoms with van der Waals surface area (Å²) in [5.74, 6) is -1.38. The number of likely N-dealkylation sites (tertiary alicyclic amines) is 1. The summed E-state index contributed by atoms with van der Waals surface area (Å²) in [5.41, 5.74) is 1.18. The fourth-order valence-electron chi connectivity index (χ4n) is 4.03. The van der Waals surface area contributed by atoms with Crippen molar-refractivity contribution >= 4 is 35.2 Å². The first kappa shape index (κ1) is 21.1. The van der Waals surface area contributed by atoms with Crippen LogP contribution in [0.25, 0.3) is 0 Å². The molecule has 0 aromatic heterocycles. The largest absolute Gasteiger partial charge is 0.351 e. The fourth-order valence-corrected chi connectivity index (χ4v) is 4.22. The molecule has 1 atom stereocenters. The van der Waals surface area contributed by atoms with E-state index in [1.165, 1.54) is 0 Å². The van der Waals surface area contributed by atoms with Crippen molar-refractivity contribution in [3.8, 4) is 0 Å². The van der Waals surface area contributed by atoms with Crippen molar-refractivity contribution in [3.63, 3.8) is 0 Å². The van der Waals surface area contributed by atoms with Gasteiger partial charge in [-0.1, -0.05) is 29.8 Å². The maximum atomic E-state index is 12.8. The molecule has 1 fully saturated rings. The minimum atomic E-state index is -0.918. The number of benzene rings is 2. The average molecular weight is 440 g/mol. The summed E-state index contributed by atoms with van der Waals surface area (Å²) in [6.07, 6.45) is 1.18. The van der Waals surface area contributed by atoms with Gasteiger partial charge in [-0.05, 0) is 50.1 Å². The molecular weight excluding hydrogens is 418 g/mol. The molecule has 8 heteroatoms. The van der Waals surface area contributed by atoms with Crippen LogP contribution < -0.4 is 5.32 Å². The fraction of sp³-hybridized carbons (Fsp3) is 0.304. The molecule has 0 aliphatic carbocycles. The minimum Gasteiger partial charge on any atom is -0.351 e. The van der Waals surface area contributed by atoms with Crippen LogP contribution in [0.3, 0.4) is 0 Å². The van der Waals surface area contributed by atoms with Gasteiger partial charge in [-0.15, -0.1) is 0 Å². The highest BCUT2D eigenvalue weighted by Crippen LogP contribution is 2.25. The number of nitrogens with one attached hydrogen (secondary N) is 1. The van der Waals surface area contributed by atoms with Crippen LogP contribution in [0.4, 0.5) is 0 Å². The third-order valence-electron chi connectivity index (χ3n) is 5.79. The van der Waals surface area contributed by atoms with E-state index in [2.05, 4.69) is 5.32 Å². The summed E-state index contributed by atoms with van der Waals surface area (Å²) in [4.78, 5) is 53.3. The first-order valence-electron chi connectivity index (χ1n) is 10.2. The first-order chi connectivity index (χ1) is 14.9. The zero-order chi connectivity index (χ0) is 22.1. The molecule has 0 saturated carbocycles. The van der Waals surface area contributed by atoms with Gasteiger partial charge in [0.25, 0.3) is 17.7 Å². The van der Waals surface area contributed by atoms with Crippen molar-refractivity contribution in [3.05, 3.63) is 70.2 Å². The molecule has 0 radical (unpaired) electrons. The molecule has 2 aromatic rings. The van der Waals surface area contributed by atoms with Gasteiger partial charge in [-0.2, -0.15) is 0 Å². The van der Waals surface area contributed by atoms with E-state index >= 15 is 0 Å². The number of halogens is 1. The quantitative estimate of drug-likeness (QED) is 0.742. The number of rotatable bonds is 4. The van der Waals surface area contributed by atoms with Crippen molar-refractivity contribution < 1.29 is 19.2 Å². The summed E-state index contributed by atoms with van der Waals surface area (Å²) < 4.78 is 0. The zero-order valence-corrected chi connectivity index (χ0v) is 17.8. The molecule has 4 rings (SSSR count). The summed E-state index contributed by atoms with van der Waals surface area (Å²) in [6, 6.07) is 12.3. The Hall–Kier alpha value is -3.19. The van der Waals surface area contributed by atoms with Crippen LogP contribution in [0.2, 0.25) is 5.02 Å². The molecule has 4 amide bonds. The monoisotopic (exact) mass is 439 g/mol. The Morgan fingerprint density at radius 3 is 2.19 bits per heavy atom. The van der Waals surface area contributed by atoms with E-state index in [-0.39, 0.29) is 17.9 Å². The van der Waals surface area contributed by atoms with Crippen LogP contribution in [0, 0.1) is 0 Å². The van der Waals surface area contributed by atoms with Crippen LogP contribution >= 0.6 is 11.6 Å². The average Bonchev–Trinajstić information content (AvgIpc) is 3.03. The number of piperidine rings is 1. The maximum absolute atomic E-state index is 12.8. The molecule has 2 heterocycles. The van der Waals surface area contributed by atoms with Gasteiger partial charge in [0, 0.05) is 29.7 Å². The van der Waals surface area contributed by atoms with Gasteiger partial charge in [0.2, 0.25) is 5.91 Å². The van der Waals surface area contributed by atoms with Gasteiger partial charge in [-0.3, -0.25) is 24.1 Å². The summed E-state index contributed by atoms with van der Waals surface area (Å²) in [5, 5.41) is 3.44. The van der Waals surface area contributed by atoms with Crippen molar-refractivity contribution in [2.75, 3.05) is 13.1 Å². The molecule has 160 valence electrons. The predicted octanol–water partition coefficient (Wildman–Crippen LogP) is 2.75. The van der Waals surface area contributed by atoms with Crippen LogP contribution in [-0.2, 0) is 4.79 Å². The van der Waals surface area contributed by atoms with Gasteiger partial charge in [0.1, 0.15) is 6.04 Å². The summed E-state index contributed by atoms with van der Waals surface area (Å²) >= 11 is 5.97. The van der Waals surface area contributed by atoms with E-state index in [0.29, 0.717) is 47.6 Å². The normalized spacial score (nSPS) is 17.5. The Morgan fingerprint density at radius 2 is 1.61 bits per heavy atom. The van der Waals surface area contributed by atoms with E-state index < -0.39 is 17.9 Å². The van der Waals surface area contributed by atoms with Crippen LogP contribution in [0.5, 0.6) is 0 Å². The molecule has 2 aliphatic rings. The summed E-state index contributed by atoms with van der Waals surface area (Å²) in [6.45, 7) is 2.55. The highest BCUT2D eigenvalue weighted by Gasteiger charge is 2.41. The predicted molar refractivity (Wildman–Crippen MR) is 115 cm³/mol.